The molecule has 81 heavy (non-hydrogen) atoms. The lowest BCUT2D eigenvalue weighted by molar-refractivity contribution is 0.122. The van der Waals surface area contributed by atoms with E-state index in [0.29, 0.717) is 38.5 Å². The summed E-state index contributed by atoms with van der Waals surface area (Å²) in [5.74, 6) is 0. The standard InChI is InChI=1S/C34H38N6O2S2.C28H33N5O2S2/c1-24(22-38-11-13-39(14-12-38)23-25-7-9-35-10-8-25)36-26-5-6-30-32(19-26)43-31-4-2-3-28(34(31)44-30)29-20-27(21-33(41)37-29)40-15-17-42-18-16-40;1-19(18-32-9-7-29-8-10-32)30-20-5-6-24-26(15-20)36-25-4-2-3-22(28(25)37-24)23-16-21(17-27(34)31-23)33-11-13-35-14-12-33/h2-10,19-21,24,36H,11-18,22-23H2,1H3,(H,37,41);2-6,15-17,19,29-30H,7-14,18H2,1H3,(H,31,34). The molecular formula is C62H71N11O4S4. The highest BCUT2D eigenvalue weighted by atomic mass is 32.2. The summed E-state index contributed by atoms with van der Waals surface area (Å²) >= 11 is 7.19. The maximum absolute atomic E-state index is 12.7. The maximum atomic E-state index is 12.7. The number of nitrogens with zero attached hydrogens (tertiary/aromatic N) is 6. The molecule has 0 spiro atoms. The Morgan fingerprint density at radius 2 is 0.975 bits per heavy atom. The van der Waals surface area contributed by atoms with Crippen LogP contribution in [-0.2, 0) is 16.0 Å². The maximum Gasteiger partial charge on any atom is 0.250 e. The quantitative estimate of drug-likeness (QED) is 0.0703. The summed E-state index contributed by atoms with van der Waals surface area (Å²) in [5, 5.41) is 10.9. The van der Waals surface area contributed by atoms with E-state index in [1.54, 1.807) is 59.2 Å². The number of aromatic amines is 2. The van der Waals surface area contributed by atoms with Crippen molar-refractivity contribution < 1.29 is 9.47 Å². The molecule has 0 aliphatic carbocycles. The number of pyridine rings is 3. The SMILES string of the molecule is CC(CN1CCN(Cc2ccncc2)CC1)Nc1ccc2c(c1)Sc1cccc(-c3cc(N4CCOCC4)cc(=O)[nH]3)c1S2.CC(CN1CCNCC1)Nc1ccc2c(c1)Sc1cccc(-c3cc(N4CCOCC4)cc(=O)[nH]3)c1S2. The third-order valence-electron chi connectivity index (χ3n) is 15.4. The topological polar surface area (TPSA) is 149 Å². The van der Waals surface area contributed by atoms with Crippen LogP contribution in [0.1, 0.15) is 19.4 Å². The van der Waals surface area contributed by atoms with Gasteiger partial charge in [-0.05, 0) is 92.2 Å². The molecule has 0 saturated carbocycles. The van der Waals surface area contributed by atoms with Crippen LogP contribution >= 0.6 is 47.0 Å². The van der Waals surface area contributed by atoms with Crippen LogP contribution in [-0.4, -0.2) is 160 Å². The van der Waals surface area contributed by atoms with E-state index in [2.05, 4.69) is 166 Å². The first-order chi connectivity index (χ1) is 39.7. The second-order valence-corrected chi connectivity index (χ2v) is 25.8. The molecule has 2 unspecified atom stereocenters. The van der Waals surface area contributed by atoms with E-state index in [1.165, 1.54) is 44.7 Å². The molecule has 19 heteroatoms. The number of piperazine rings is 2. The van der Waals surface area contributed by atoms with E-state index >= 15 is 0 Å². The lowest BCUT2D eigenvalue weighted by Crippen LogP contribution is -2.48. The molecule has 9 heterocycles. The Bertz CT molecular complexity index is 3420. The Labute approximate surface area is 491 Å². The highest BCUT2D eigenvalue weighted by molar-refractivity contribution is 8.05. The van der Waals surface area contributed by atoms with Gasteiger partial charge < -0.3 is 45.2 Å². The Kier molecular flexibility index (Phi) is 18.1. The molecule has 6 aliphatic rings. The fourth-order valence-electron chi connectivity index (χ4n) is 11.4. The third kappa shape index (κ3) is 14.0. The molecular weight excluding hydrogens is 1090 g/mol. The van der Waals surface area contributed by atoms with Crippen molar-refractivity contribution in [1.29, 1.82) is 0 Å². The average Bonchev–Trinajstić information content (AvgIpc) is 3.67. The fraction of sp³-hybridized carbons (Fsp3) is 0.371. The molecule has 422 valence electrons. The molecule has 4 fully saturated rings. The van der Waals surface area contributed by atoms with Gasteiger partial charge in [0.1, 0.15) is 0 Å². The summed E-state index contributed by atoms with van der Waals surface area (Å²) in [6, 6.07) is 38.7. The number of benzene rings is 4. The monoisotopic (exact) mass is 1160 g/mol. The molecule has 4 aromatic carbocycles. The molecule has 5 N–H and O–H groups in total. The predicted molar refractivity (Wildman–Crippen MR) is 332 cm³/mol. The second-order valence-electron chi connectivity index (χ2n) is 21.5. The van der Waals surface area contributed by atoms with Gasteiger partial charge in [0.25, 0.3) is 0 Å². The average molecular weight is 1160 g/mol. The van der Waals surface area contributed by atoms with Gasteiger partial charge in [0.05, 0.1) is 37.8 Å². The molecule has 4 saturated heterocycles. The summed E-state index contributed by atoms with van der Waals surface area (Å²) in [6.07, 6.45) is 3.76. The van der Waals surface area contributed by atoms with Gasteiger partial charge in [0, 0.05) is 208 Å². The molecule has 0 amide bonds. The van der Waals surface area contributed by atoms with Gasteiger partial charge in [-0.3, -0.25) is 29.3 Å². The zero-order valence-corrected chi connectivity index (χ0v) is 49.4. The van der Waals surface area contributed by atoms with Crippen molar-refractivity contribution in [2.75, 3.05) is 138 Å². The first-order valence-corrected chi connectivity index (χ1v) is 31.7. The summed E-state index contributed by atoms with van der Waals surface area (Å²) in [6.45, 7) is 22.3. The molecule has 6 aliphatic heterocycles. The van der Waals surface area contributed by atoms with Crippen LogP contribution in [0.15, 0.2) is 170 Å². The Morgan fingerprint density at radius 3 is 1.47 bits per heavy atom. The molecule has 3 aromatic heterocycles. The molecule has 7 aromatic rings. The van der Waals surface area contributed by atoms with Crippen molar-refractivity contribution in [3.8, 4) is 22.5 Å². The van der Waals surface area contributed by atoms with Gasteiger partial charge >= 0.3 is 0 Å². The van der Waals surface area contributed by atoms with Crippen molar-refractivity contribution in [2.24, 2.45) is 0 Å². The van der Waals surface area contributed by atoms with E-state index < -0.39 is 0 Å². The van der Waals surface area contributed by atoms with Crippen molar-refractivity contribution in [3.05, 3.63) is 148 Å². The van der Waals surface area contributed by atoms with Crippen molar-refractivity contribution in [3.63, 3.8) is 0 Å². The minimum atomic E-state index is -0.0767. The van der Waals surface area contributed by atoms with Gasteiger partial charge in [-0.2, -0.15) is 0 Å². The van der Waals surface area contributed by atoms with Crippen LogP contribution in [0.4, 0.5) is 22.7 Å². The van der Waals surface area contributed by atoms with Crippen LogP contribution in [0.25, 0.3) is 22.5 Å². The third-order valence-corrected chi connectivity index (χ3v) is 20.6. The van der Waals surface area contributed by atoms with E-state index in [9.17, 15) is 9.59 Å². The Hall–Kier alpha value is -5.71. The van der Waals surface area contributed by atoms with E-state index in [0.717, 1.165) is 143 Å². The second kappa shape index (κ2) is 26.3. The molecule has 13 rings (SSSR count). The summed E-state index contributed by atoms with van der Waals surface area (Å²) < 4.78 is 11.0. The lowest BCUT2D eigenvalue weighted by Gasteiger charge is -2.36. The predicted octanol–water partition coefficient (Wildman–Crippen LogP) is 9.71. The summed E-state index contributed by atoms with van der Waals surface area (Å²) in [4.78, 5) is 57.5. The summed E-state index contributed by atoms with van der Waals surface area (Å²) in [7, 11) is 0. The van der Waals surface area contributed by atoms with Crippen LogP contribution in [0, 0.1) is 0 Å². The first-order valence-electron chi connectivity index (χ1n) is 28.4. The van der Waals surface area contributed by atoms with Gasteiger partial charge in [0.15, 0.2) is 0 Å². The van der Waals surface area contributed by atoms with Crippen LogP contribution in [0.5, 0.6) is 0 Å². The normalized spacial score (nSPS) is 18.3. The number of fused-ring (bicyclic) bond motifs is 4. The minimum absolute atomic E-state index is 0.0730. The number of anilines is 4. The van der Waals surface area contributed by atoms with Gasteiger partial charge in [0.2, 0.25) is 11.1 Å². The largest absolute Gasteiger partial charge is 0.381 e. The first kappa shape index (κ1) is 55.8. The lowest BCUT2D eigenvalue weighted by atomic mass is 10.1. The van der Waals surface area contributed by atoms with Crippen LogP contribution in [0.2, 0.25) is 0 Å². The van der Waals surface area contributed by atoms with Gasteiger partial charge in [-0.25, -0.2) is 0 Å². The zero-order valence-electron chi connectivity index (χ0n) is 46.1. The fourth-order valence-corrected chi connectivity index (χ4v) is 16.2. The van der Waals surface area contributed by atoms with Crippen molar-refractivity contribution >= 4 is 69.8 Å². The van der Waals surface area contributed by atoms with Gasteiger partial charge in [-0.15, -0.1) is 0 Å². The minimum Gasteiger partial charge on any atom is -0.381 e. The highest BCUT2D eigenvalue weighted by Gasteiger charge is 2.26. The Morgan fingerprint density at radius 1 is 0.506 bits per heavy atom. The number of morpholine rings is 2. The number of hydrogen-bond acceptors (Lipinski definition) is 17. The van der Waals surface area contributed by atoms with Gasteiger partial charge in [-0.1, -0.05) is 71.3 Å². The van der Waals surface area contributed by atoms with Crippen LogP contribution < -0.4 is 36.9 Å². The van der Waals surface area contributed by atoms with Crippen molar-refractivity contribution in [1.82, 2.24) is 35.0 Å². The number of rotatable bonds is 14. The van der Waals surface area contributed by atoms with E-state index in [-0.39, 0.29) is 11.1 Å². The van der Waals surface area contributed by atoms with E-state index in [1.807, 2.05) is 12.4 Å². The number of H-pyrrole nitrogens is 2. The smallest absolute Gasteiger partial charge is 0.250 e. The van der Waals surface area contributed by atoms with Crippen LogP contribution in [0.3, 0.4) is 0 Å². The van der Waals surface area contributed by atoms with Crippen molar-refractivity contribution in [2.45, 2.75) is 71.6 Å². The number of ether oxygens (including phenoxy) is 2. The molecule has 2 atom stereocenters. The number of hydrogen-bond donors (Lipinski definition) is 5. The molecule has 0 bridgehead atoms. The van der Waals surface area contributed by atoms with E-state index in [4.69, 9.17) is 9.47 Å². The highest BCUT2D eigenvalue weighted by Crippen LogP contribution is 2.53. The number of nitrogens with one attached hydrogen (secondary N) is 5. The Balaban J connectivity index is 0.000000163. The summed E-state index contributed by atoms with van der Waals surface area (Å²) in [5.41, 5.74) is 9.27. The molecule has 15 nitrogen and oxygen atoms in total. The molecule has 0 radical (unpaired) electrons. The number of aromatic nitrogens is 3. The zero-order chi connectivity index (χ0) is 55.1.